The summed E-state index contributed by atoms with van der Waals surface area (Å²) in [6, 6.07) is 6.01. The van der Waals surface area contributed by atoms with Gasteiger partial charge in [-0.25, -0.2) is 0 Å². The van der Waals surface area contributed by atoms with Gasteiger partial charge < -0.3 is 10.5 Å². The molecule has 16 heavy (non-hydrogen) atoms. The van der Waals surface area contributed by atoms with Gasteiger partial charge in [-0.3, -0.25) is 0 Å². The predicted octanol–water partition coefficient (Wildman–Crippen LogP) is 2.97. The molecule has 0 heterocycles. The first kappa shape index (κ1) is 13.8. The van der Waals surface area contributed by atoms with E-state index in [9.17, 15) is 0 Å². The van der Waals surface area contributed by atoms with Crippen molar-refractivity contribution in [2.75, 3.05) is 26.0 Å². The molecule has 0 unspecified atom stereocenters. The third-order valence-corrected chi connectivity index (χ3v) is 3.76. The Morgan fingerprint density at radius 3 is 2.94 bits per heavy atom. The largest absolute Gasteiger partial charge is 0.385 e. The minimum Gasteiger partial charge on any atom is -0.385 e. The molecule has 2 nitrogen and oxygen atoms in total. The summed E-state index contributed by atoms with van der Waals surface area (Å²) < 4.78 is 5.02. The average molecular weight is 260 g/mol. The number of benzene rings is 1. The maximum atomic E-state index is 6.15. The number of methoxy groups -OCH3 is 1. The van der Waals surface area contributed by atoms with E-state index in [1.54, 1.807) is 7.11 Å². The summed E-state index contributed by atoms with van der Waals surface area (Å²) in [6.07, 6.45) is 1.89. The molecule has 0 saturated heterocycles. The minimum atomic E-state index is 0.634. The van der Waals surface area contributed by atoms with Crippen molar-refractivity contribution < 1.29 is 4.74 Å². The standard InChI is InChI=1S/C12H18ClNOS/c1-15-8-3-9-16-12-5-2-4-11(13)10(12)6-7-14/h2,4-5H,3,6-9,14H2,1H3. The number of thioether (sulfide) groups is 1. The van der Waals surface area contributed by atoms with Crippen molar-refractivity contribution in [2.24, 2.45) is 5.73 Å². The van der Waals surface area contributed by atoms with Crippen LogP contribution in [0.1, 0.15) is 12.0 Å². The Hall–Kier alpha value is -0.220. The van der Waals surface area contributed by atoms with Gasteiger partial charge >= 0.3 is 0 Å². The zero-order valence-electron chi connectivity index (χ0n) is 9.54. The van der Waals surface area contributed by atoms with E-state index in [-0.39, 0.29) is 0 Å². The van der Waals surface area contributed by atoms with Crippen LogP contribution in [0.4, 0.5) is 0 Å². The van der Waals surface area contributed by atoms with Gasteiger partial charge in [0, 0.05) is 29.4 Å². The van der Waals surface area contributed by atoms with E-state index in [2.05, 4.69) is 6.07 Å². The van der Waals surface area contributed by atoms with Gasteiger partial charge in [-0.1, -0.05) is 17.7 Å². The number of hydrogen-bond acceptors (Lipinski definition) is 3. The molecule has 0 atom stereocenters. The van der Waals surface area contributed by atoms with E-state index in [0.29, 0.717) is 6.54 Å². The molecule has 0 radical (unpaired) electrons. The van der Waals surface area contributed by atoms with Crippen molar-refractivity contribution in [2.45, 2.75) is 17.7 Å². The molecule has 0 spiro atoms. The first-order valence-corrected chi connectivity index (χ1v) is 6.75. The summed E-state index contributed by atoms with van der Waals surface area (Å²) in [6.45, 7) is 1.44. The van der Waals surface area contributed by atoms with Crippen molar-refractivity contribution in [3.8, 4) is 0 Å². The lowest BCUT2D eigenvalue weighted by Crippen LogP contribution is -2.04. The molecule has 1 rings (SSSR count). The number of hydrogen-bond donors (Lipinski definition) is 1. The molecule has 4 heteroatoms. The van der Waals surface area contributed by atoms with Crippen molar-refractivity contribution in [3.63, 3.8) is 0 Å². The highest BCUT2D eigenvalue weighted by Gasteiger charge is 2.06. The second-order valence-electron chi connectivity index (χ2n) is 3.45. The third-order valence-electron chi connectivity index (χ3n) is 2.22. The van der Waals surface area contributed by atoms with E-state index in [4.69, 9.17) is 22.1 Å². The molecule has 1 aromatic carbocycles. The third kappa shape index (κ3) is 4.34. The molecule has 1 aromatic rings. The van der Waals surface area contributed by atoms with Crippen LogP contribution < -0.4 is 5.73 Å². The van der Waals surface area contributed by atoms with E-state index in [1.165, 1.54) is 10.5 Å². The molecule has 0 aromatic heterocycles. The zero-order chi connectivity index (χ0) is 11.8. The summed E-state index contributed by atoms with van der Waals surface area (Å²) in [5.74, 6) is 1.05. The first-order chi connectivity index (χ1) is 7.79. The van der Waals surface area contributed by atoms with E-state index in [0.717, 1.165) is 30.2 Å². The van der Waals surface area contributed by atoms with Crippen molar-refractivity contribution in [1.82, 2.24) is 0 Å². The molecule has 0 aliphatic carbocycles. The highest BCUT2D eigenvalue weighted by molar-refractivity contribution is 7.99. The zero-order valence-corrected chi connectivity index (χ0v) is 11.1. The quantitative estimate of drug-likeness (QED) is 0.604. The van der Waals surface area contributed by atoms with Crippen LogP contribution in [0.2, 0.25) is 5.02 Å². The summed E-state index contributed by atoms with van der Waals surface area (Å²) in [5, 5.41) is 0.821. The molecule has 0 saturated carbocycles. The van der Waals surface area contributed by atoms with Gasteiger partial charge in [0.15, 0.2) is 0 Å². The second kappa shape index (κ2) is 7.96. The van der Waals surface area contributed by atoms with E-state index >= 15 is 0 Å². The maximum Gasteiger partial charge on any atom is 0.0470 e. The molecule has 0 amide bonds. The van der Waals surface area contributed by atoms with Gasteiger partial charge in [0.2, 0.25) is 0 Å². The molecule has 2 N–H and O–H groups in total. The van der Waals surface area contributed by atoms with Gasteiger partial charge in [0.05, 0.1) is 0 Å². The fourth-order valence-corrected chi connectivity index (χ4v) is 2.81. The minimum absolute atomic E-state index is 0.634. The highest BCUT2D eigenvalue weighted by atomic mass is 35.5. The van der Waals surface area contributed by atoms with E-state index in [1.807, 2.05) is 23.9 Å². The Labute approximate surface area is 107 Å². The number of ether oxygens (including phenoxy) is 1. The smallest absolute Gasteiger partial charge is 0.0470 e. The van der Waals surface area contributed by atoms with Gasteiger partial charge in [0.1, 0.15) is 0 Å². The van der Waals surface area contributed by atoms with Crippen LogP contribution in [0, 0.1) is 0 Å². The second-order valence-corrected chi connectivity index (χ2v) is 4.99. The lowest BCUT2D eigenvalue weighted by Gasteiger charge is -2.10. The molecule has 0 bridgehead atoms. The number of rotatable bonds is 7. The molecular weight excluding hydrogens is 242 g/mol. The summed E-state index contributed by atoms with van der Waals surface area (Å²) in [5.41, 5.74) is 6.76. The molecule has 0 fully saturated rings. The lowest BCUT2D eigenvalue weighted by molar-refractivity contribution is 0.200. The number of halogens is 1. The Bertz CT molecular complexity index is 320. The normalized spacial score (nSPS) is 10.7. The fraction of sp³-hybridized carbons (Fsp3) is 0.500. The van der Waals surface area contributed by atoms with Crippen LogP contribution in [0.25, 0.3) is 0 Å². The monoisotopic (exact) mass is 259 g/mol. The molecule has 0 aliphatic heterocycles. The average Bonchev–Trinajstić information content (AvgIpc) is 2.29. The fourth-order valence-electron chi connectivity index (χ4n) is 1.45. The highest BCUT2D eigenvalue weighted by Crippen LogP contribution is 2.29. The van der Waals surface area contributed by atoms with Crippen LogP contribution in [0.3, 0.4) is 0 Å². The molecular formula is C12H18ClNOS. The lowest BCUT2D eigenvalue weighted by atomic mass is 10.1. The molecule has 0 aliphatic rings. The van der Waals surface area contributed by atoms with Crippen molar-refractivity contribution in [3.05, 3.63) is 28.8 Å². The SMILES string of the molecule is COCCCSc1cccc(Cl)c1CCN. The molecule has 90 valence electrons. The summed E-state index contributed by atoms with van der Waals surface area (Å²) >= 11 is 7.98. The Morgan fingerprint density at radius 1 is 1.44 bits per heavy atom. The van der Waals surface area contributed by atoms with Crippen LogP contribution in [-0.4, -0.2) is 26.0 Å². The van der Waals surface area contributed by atoms with Gasteiger partial charge in [-0.05, 0) is 37.1 Å². The van der Waals surface area contributed by atoms with Crippen molar-refractivity contribution in [1.29, 1.82) is 0 Å². The van der Waals surface area contributed by atoms with Crippen LogP contribution in [0.15, 0.2) is 23.1 Å². The first-order valence-electron chi connectivity index (χ1n) is 5.38. The summed E-state index contributed by atoms with van der Waals surface area (Å²) in [7, 11) is 1.73. The van der Waals surface area contributed by atoms with Gasteiger partial charge in [-0.15, -0.1) is 11.8 Å². The van der Waals surface area contributed by atoms with Crippen LogP contribution in [0.5, 0.6) is 0 Å². The Kier molecular flexibility index (Phi) is 6.88. The Morgan fingerprint density at radius 2 is 2.25 bits per heavy atom. The van der Waals surface area contributed by atoms with E-state index < -0.39 is 0 Å². The van der Waals surface area contributed by atoms with Crippen LogP contribution in [-0.2, 0) is 11.2 Å². The Balaban J connectivity index is 2.59. The van der Waals surface area contributed by atoms with Crippen LogP contribution >= 0.6 is 23.4 Å². The topological polar surface area (TPSA) is 35.2 Å². The maximum absolute atomic E-state index is 6.15. The van der Waals surface area contributed by atoms with Gasteiger partial charge in [0.25, 0.3) is 0 Å². The number of nitrogens with two attached hydrogens (primary N) is 1. The van der Waals surface area contributed by atoms with Gasteiger partial charge in [-0.2, -0.15) is 0 Å². The summed E-state index contributed by atoms with van der Waals surface area (Å²) in [4.78, 5) is 1.24. The van der Waals surface area contributed by atoms with Crippen molar-refractivity contribution >= 4 is 23.4 Å². The predicted molar refractivity (Wildman–Crippen MR) is 71.4 cm³/mol.